The van der Waals surface area contributed by atoms with Gasteiger partial charge < -0.3 is 24.6 Å². The Hall–Kier alpha value is -3.64. The second kappa shape index (κ2) is 18.4. The molecule has 0 rings (SSSR count). The van der Waals surface area contributed by atoms with Gasteiger partial charge in [-0.15, -0.1) is 4.91 Å². The van der Waals surface area contributed by atoms with Crippen molar-refractivity contribution in [3.63, 3.8) is 0 Å². The van der Waals surface area contributed by atoms with Crippen molar-refractivity contribution in [1.82, 2.24) is 5.32 Å². The Morgan fingerprint density at radius 3 is 1.55 bits per heavy atom. The summed E-state index contributed by atoms with van der Waals surface area (Å²) in [6.07, 6.45) is 0. The molecule has 1 atom stereocenters. The van der Waals surface area contributed by atoms with Gasteiger partial charge in [-0.25, -0.2) is 9.59 Å². The molecule has 0 fully saturated rings. The number of aliphatic hydroxyl groups excluding tert-OH is 1. The van der Waals surface area contributed by atoms with Crippen LogP contribution < -0.4 is 5.32 Å². The number of carbonyl (C=O) groups excluding carboxylic acids is 6. The summed E-state index contributed by atoms with van der Waals surface area (Å²) in [5.41, 5.74) is -0.577. The van der Waals surface area contributed by atoms with E-state index in [1.807, 2.05) is 0 Å². The van der Waals surface area contributed by atoms with Gasteiger partial charge in [-0.2, -0.15) is 0 Å². The third-order valence-electron chi connectivity index (χ3n) is 2.47. The third kappa shape index (κ3) is 19.4. The third-order valence-corrected chi connectivity index (χ3v) is 2.47. The van der Waals surface area contributed by atoms with Gasteiger partial charge in [-0.05, 0) is 32.9 Å². The van der Waals surface area contributed by atoms with Crippen LogP contribution in [0.2, 0.25) is 0 Å². The minimum Gasteiger partial charge on any atom is -0.510 e. The van der Waals surface area contributed by atoms with Crippen LogP contribution in [-0.4, -0.2) is 59.9 Å². The summed E-state index contributed by atoms with van der Waals surface area (Å²) in [5.74, 6) is -4.05. The maximum atomic E-state index is 11.1. The van der Waals surface area contributed by atoms with Crippen molar-refractivity contribution in [2.45, 2.75) is 54.5 Å². The van der Waals surface area contributed by atoms with E-state index in [4.69, 9.17) is 5.11 Å². The van der Waals surface area contributed by atoms with Crippen molar-refractivity contribution in [2.24, 2.45) is 5.18 Å². The van der Waals surface area contributed by atoms with Crippen molar-refractivity contribution < 1.29 is 48.1 Å². The van der Waals surface area contributed by atoms with Crippen molar-refractivity contribution in [3.8, 4) is 0 Å². The van der Waals surface area contributed by atoms with Gasteiger partial charge in [0, 0.05) is 20.8 Å². The summed E-state index contributed by atoms with van der Waals surface area (Å²) in [4.78, 5) is 72.7. The minimum atomic E-state index is -1.17. The van der Waals surface area contributed by atoms with Gasteiger partial charge in [0.1, 0.15) is 5.76 Å². The molecule has 0 aliphatic carbocycles. The number of esters is 4. The molecule has 0 spiro atoms. The Labute approximate surface area is 179 Å². The van der Waals surface area contributed by atoms with Crippen LogP contribution >= 0.6 is 0 Å². The molecule has 2 N–H and O–H groups in total. The monoisotopic (exact) mass is 448 g/mol. The summed E-state index contributed by atoms with van der Waals surface area (Å²) >= 11 is 0. The fourth-order valence-electron chi connectivity index (χ4n) is 1.41. The summed E-state index contributed by atoms with van der Waals surface area (Å²) in [7, 11) is 0. The first-order chi connectivity index (χ1) is 14.2. The van der Waals surface area contributed by atoms with E-state index >= 15 is 0 Å². The summed E-state index contributed by atoms with van der Waals surface area (Å²) in [6.45, 7) is 9.55. The van der Waals surface area contributed by atoms with Gasteiger partial charge in [0.05, 0.1) is 13.2 Å². The second-order valence-electron chi connectivity index (χ2n) is 5.33. The number of hydrogen-bond acceptors (Lipinski definition) is 12. The zero-order valence-electron chi connectivity index (χ0n) is 18.5. The molecule has 1 unspecified atom stereocenters. The van der Waals surface area contributed by atoms with Crippen molar-refractivity contribution in [1.29, 1.82) is 0 Å². The van der Waals surface area contributed by atoms with E-state index in [-0.39, 0.29) is 13.2 Å². The lowest BCUT2D eigenvalue weighted by Crippen LogP contribution is -2.45. The van der Waals surface area contributed by atoms with Crippen LogP contribution in [0, 0.1) is 4.91 Å². The van der Waals surface area contributed by atoms with Gasteiger partial charge in [0.15, 0.2) is 11.8 Å². The number of ketones is 1. The van der Waals surface area contributed by atoms with E-state index in [2.05, 4.69) is 24.7 Å². The van der Waals surface area contributed by atoms with Crippen LogP contribution in [0.4, 0.5) is 0 Å². The molecular formula is C18H28N2O11. The molecule has 0 saturated carbocycles. The molecule has 13 nitrogen and oxygen atoms in total. The molecule has 1 amide bonds. The first-order valence-corrected chi connectivity index (χ1v) is 8.78. The largest absolute Gasteiger partial charge is 0.510 e. The predicted octanol–water partition coefficient (Wildman–Crippen LogP) is 0.845. The number of nitroso groups, excluding NO2 is 1. The van der Waals surface area contributed by atoms with Crippen LogP contribution in [0.15, 0.2) is 16.6 Å². The standard InChI is InChI=1S/C8H13NO4.C6H9NO4.C4H6O3/c1-4-13-8(12)7(5(2)10)9-6(3)11;1-3-11-6(9)5(7-10)4(2)8;1-3(5)7-4(2)6/h7H,4H2,1-3H3,(H,9,11);8H,3H2,1-2H3;1-2H3. The van der Waals surface area contributed by atoms with E-state index in [9.17, 15) is 33.7 Å². The smallest absolute Gasteiger partial charge is 0.364 e. The summed E-state index contributed by atoms with van der Waals surface area (Å²) < 4.78 is 13.0. The first-order valence-electron chi connectivity index (χ1n) is 8.78. The van der Waals surface area contributed by atoms with Crippen molar-refractivity contribution >= 4 is 35.6 Å². The molecular weight excluding hydrogens is 420 g/mol. The van der Waals surface area contributed by atoms with E-state index < -0.39 is 53.1 Å². The Balaban J connectivity index is -0.000000397. The van der Waals surface area contributed by atoms with Gasteiger partial charge >= 0.3 is 23.9 Å². The van der Waals surface area contributed by atoms with Crippen LogP contribution in [-0.2, 0) is 43.0 Å². The fraction of sp³-hybridized carbons (Fsp3) is 0.556. The zero-order valence-corrected chi connectivity index (χ0v) is 18.5. The predicted molar refractivity (Wildman–Crippen MR) is 105 cm³/mol. The maximum absolute atomic E-state index is 11.1. The quantitative estimate of drug-likeness (QED) is 0.140. The molecule has 0 saturated heterocycles. The second-order valence-corrected chi connectivity index (χ2v) is 5.33. The van der Waals surface area contributed by atoms with Gasteiger partial charge in [0.25, 0.3) is 0 Å². The Bertz CT molecular complexity index is 683. The number of amides is 1. The van der Waals surface area contributed by atoms with E-state index in [1.165, 1.54) is 34.6 Å². The molecule has 176 valence electrons. The number of allylic oxidation sites excluding steroid dienone is 1. The van der Waals surface area contributed by atoms with E-state index in [0.717, 1.165) is 0 Å². The van der Waals surface area contributed by atoms with Crippen molar-refractivity contribution in [3.05, 3.63) is 16.4 Å². The van der Waals surface area contributed by atoms with Crippen LogP contribution in [0.25, 0.3) is 0 Å². The highest BCUT2D eigenvalue weighted by atomic mass is 16.6. The number of nitrogens with one attached hydrogen (secondary N) is 1. The lowest BCUT2D eigenvalue weighted by molar-refractivity contribution is -0.156. The molecule has 0 radical (unpaired) electrons. The number of rotatable bonds is 7. The average Bonchev–Trinajstić information content (AvgIpc) is 2.59. The lowest BCUT2D eigenvalue weighted by Gasteiger charge is -2.12. The molecule has 0 aromatic rings. The fourth-order valence-corrected chi connectivity index (χ4v) is 1.41. The molecule has 0 aromatic carbocycles. The highest BCUT2D eigenvalue weighted by Crippen LogP contribution is 2.04. The molecule has 31 heavy (non-hydrogen) atoms. The van der Waals surface area contributed by atoms with Gasteiger partial charge in [0.2, 0.25) is 11.6 Å². The van der Waals surface area contributed by atoms with Gasteiger partial charge in [-0.1, -0.05) is 0 Å². The van der Waals surface area contributed by atoms with Gasteiger partial charge in [-0.3, -0.25) is 19.2 Å². The minimum absolute atomic E-state index is 0.144. The number of aliphatic hydroxyl groups is 1. The van der Waals surface area contributed by atoms with Crippen LogP contribution in [0.3, 0.4) is 0 Å². The number of hydrogen-bond donors (Lipinski definition) is 2. The Morgan fingerprint density at radius 2 is 1.32 bits per heavy atom. The molecule has 0 heterocycles. The number of nitrogens with zero attached hydrogens (tertiary/aromatic N) is 1. The molecule has 0 aromatic heterocycles. The normalized spacial score (nSPS) is 10.8. The van der Waals surface area contributed by atoms with E-state index in [1.54, 1.807) is 13.8 Å². The number of ether oxygens (including phenoxy) is 3. The lowest BCUT2D eigenvalue weighted by atomic mass is 10.2. The number of carbonyl (C=O) groups is 6. The highest BCUT2D eigenvalue weighted by molar-refractivity contribution is 6.04. The summed E-state index contributed by atoms with van der Waals surface area (Å²) in [5, 5.41) is 13.2. The highest BCUT2D eigenvalue weighted by Gasteiger charge is 2.25. The van der Waals surface area contributed by atoms with Crippen LogP contribution in [0.1, 0.15) is 48.5 Å². The summed E-state index contributed by atoms with van der Waals surface area (Å²) in [6, 6.07) is -1.17. The zero-order chi connectivity index (χ0) is 25.1. The van der Waals surface area contributed by atoms with E-state index in [0.29, 0.717) is 0 Å². The Morgan fingerprint density at radius 1 is 0.871 bits per heavy atom. The topological polar surface area (TPSA) is 192 Å². The molecule has 0 aliphatic heterocycles. The molecule has 13 heteroatoms. The van der Waals surface area contributed by atoms with Crippen molar-refractivity contribution in [2.75, 3.05) is 13.2 Å². The molecule has 0 aliphatic rings. The Kier molecular flexibility index (Phi) is 19.0. The van der Waals surface area contributed by atoms with Crippen LogP contribution in [0.5, 0.6) is 0 Å². The average molecular weight is 448 g/mol. The molecule has 0 bridgehead atoms. The maximum Gasteiger partial charge on any atom is 0.364 e. The SMILES string of the molecule is CC(=O)OC(C)=O.CCOC(=O)C(N=O)=C(C)O.CCOC(=O)C(NC(C)=O)C(C)=O. The number of Topliss-reactive ketones (excluding diaryl/α,β-unsaturated/α-hetero) is 1. The first kappa shape index (κ1) is 32.0.